The highest BCUT2D eigenvalue weighted by Crippen LogP contribution is 2.37. The zero-order valence-corrected chi connectivity index (χ0v) is 34.5. The lowest BCUT2D eigenvalue weighted by molar-refractivity contribution is -0.107. The molecule has 2 aromatic carbocycles. The van der Waals surface area contributed by atoms with Gasteiger partial charge in [-0.15, -0.1) is 0 Å². The van der Waals surface area contributed by atoms with Gasteiger partial charge in [0.25, 0.3) is 0 Å². The molecule has 0 radical (unpaired) electrons. The first-order valence-electron chi connectivity index (χ1n) is 20.4. The lowest BCUT2D eigenvalue weighted by Crippen LogP contribution is -2.29. The average molecular weight is 702 g/mol. The Labute approximate surface area is 314 Å². The van der Waals surface area contributed by atoms with Crippen molar-refractivity contribution in [3.8, 4) is 5.75 Å². The van der Waals surface area contributed by atoms with Gasteiger partial charge < -0.3 is 14.5 Å². The summed E-state index contributed by atoms with van der Waals surface area (Å²) in [6.45, 7) is 25.7. The second kappa shape index (κ2) is 28.4. The molecule has 2 unspecified atom stereocenters. The maximum absolute atomic E-state index is 10.8. The van der Waals surface area contributed by atoms with E-state index in [9.17, 15) is 4.79 Å². The molecule has 0 spiro atoms. The summed E-state index contributed by atoms with van der Waals surface area (Å²) < 4.78 is 6.21. The zero-order valence-electron chi connectivity index (χ0n) is 34.5. The lowest BCUT2D eigenvalue weighted by Gasteiger charge is -2.22. The van der Waals surface area contributed by atoms with Crippen LogP contribution in [0.4, 0.5) is 5.69 Å². The van der Waals surface area contributed by atoms with Crippen molar-refractivity contribution < 1.29 is 9.53 Å². The summed E-state index contributed by atoms with van der Waals surface area (Å²) in [5, 5.41) is 0. The van der Waals surface area contributed by atoms with Gasteiger partial charge in [0.1, 0.15) is 5.75 Å². The van der Waals surface area contributed by atoms with Gasteiger partial charge in [0.2, 0.25) is 6.41 Å². The van der Waals surface area contributed by atoms with Crippen molar-refractivity contribution in [3.63, 3.8) is 0 Å². The second-order valence-electron chi connectivity index (χ2n) is 14.0. The maximum Gasteiger partial charge on any atom is 0.214 e. The fraction of sp³-hybridized carbons (Fsp3) is 0.609. The molecule has 2 atom stereocenters. The summed E-state index contributed by atoms with van der Waals surface area (Å²) >= 11 is 0. The smallest absolute Gasteiger partial charge is 0.214 e. The fourth-order valence-electron chi connectivity index (χ4n) is 6.24. The highest BCUT2D eigenvalue weighted by atomic mass is 16.5. The molecule has 0 aliphatic carbocycles. The molecular formula is C46H75N3O2. The topological polar surface area (TPSA) is 45.7 Å². The van der Waals surface area contributed by atoms with Crippen LogP contribution in [-0.4, -0.2) is 48.6 Å². The number of likely N-dealkylation sites (tertiary alicyclic amines) is 1. The van der Waals surface area contributed by atoms with Crippen LogP contribution in [0.3, 0.4) is 0 Å². The summed E-state index contributed by atoms with van der Waals surface area (Å²) in [5.74, 6) is 1.77. The number of unbranched alkanes of at least 4 members (excludes halogenated alkanes) is 3. The van der Waals surface area contributed by atoms with E-state index in [1.165, 1.54) is 73.0 Å². The molecule has 0 bridgehead atoms. The molecular weight excluding hydrogens is 627 g/mol. The van der Waals surface area contributed by atoms with Crippen LogP contribution in [0.2, 0.25) is 0 Å². The normalized spacial score (nSPS) is 15.0. The number of aromatic nitrogens is 1. The van der Waals surface area contributed by atoms with E-state index in [1.807, 2.05) is 43.5 Å². The van der Waals surface area contributed by atoms with Crippen LogP contribution in [0.25, 0.3) is 0 Å². The van der Waals surface area contributed by atoms with Crippen molar-refractivity contribution in [2.24, 2.45) is 0 Å². The van der Waals surface area contributed by atoms with Crippen LogP contribution in [0.15, 0.2) is 60.8 Å². The summed E-state index contributed by atoms with van der Waals surface area (Å²) in [6, 6.07) is 19.8. The van der Waals surface area contributed by atoms with E-state index in [4.69, 9.17) is 4.74 Å². The number of rotatable bonds is 17. The molecule has 4 rings (SSSR count). The van der Waals surface area contributed by atoms with E-state index < -0.39 is 0 Å². The number of nitrogens with zero attached hydrogens (tertiary/aromatic N) is 3. The van der Waals surface area contributed by atoms with Gasteiger partial charge in [-0.25, -0.2) is 0 Å². The van der Waals surface area contributed by atoms with Gasteiger partial charge in [0.15, 0.2) is 0 Å². The Kier molecular flexibility index (Phi) is 25.5. The molecule has 1 aliphatic heterocycles. The Morgan fingerprint density at radius 3 is 2.14 bits per heavy atom. The van der Waals surface area contributed by atoms with Crippen LogP contribution in [0, 0.1) is 13.8 Å². The number of carbonyl (C=O) groups is 1. The highest BCUT2D eigenvalue weighted by Gasteiger charge is 2.32. The summed E-state index contributed by atoms with van der Waals surface area (Å²) in [4.78, 5) is 19.8. The standard InChI is InChI=1S/C27H40N2O.C12H17NO.C4H10.C3H8/c1-5-8-16-30-27-21(4)17-23(18-22(27)11-6-2)24-19-26(29(7-3)20-24)14-13-25-12-9-10-15-28-25;1-3-4-8-13(10-14)12-7-5-6-11(2)9-12;1-3-4-2;1-3-2/h9-10,12,15,17-18,24,26H,5-8,11,13-14,16,19-20H2,1-4H3;5-7,9-10H,3-4,8H2,1-2H3;3-4H2,1-2H3;3H2,1-2H3. The van der Waals surface area contributed by atoms with Gasteiger partial charge in [-0.3, -0.25) is 9.78 Å². The molecule has 1 amide bonds. The van der Waals surface area contributed by atoms with E-state index in [-0.39, 0.29) is 0 Å². The van der Waals surface area contributed by atoms with E-state index in [1.54, 1.807) is 4.90 Å². The van der Waals surface area contributed by atoms with E-state index >= 15 is 0 Å². The predicted molar refractivity (Wildman–Crippen MR) is 223 cm³/mol. The van der Waals surface area contributed by atoms with Gasteiger partial charge in [0.05, 0.1) is 6.61 Å². The molecule has 1 fully saturated rings. The molecule has 1 saturated heterocycles. The molecule has 2 heterocycles. The maximum atomic E-state index is 10.8. The number of carbonyl (C=O) groups excluding carboxylic acids is 1. The number of anilines is 1. The van der Waals surface area contributed by atoms with Crippen molar-refractivity contribution >= 4 is 12.1 Å². The van der Waals surface area contributed by atoms with E-state index in [0.717, 1.165) is 76.1 Å². The van der Waals surface area contributed by atoms with Crippen molar-refractivity contribution in [1.82, 2.24) is 9.88 Å². The van der Waals surface area contributed by atoms with Crippen molar-refractivity contribution in [2.75, 3.05) is 31.1 Å². The predicted octanol–water partition coefficient (Wildman–Crippen LogP) is 12.3. The number of pyridine rings is 1. The Morgan fingerprint density at radius 1 is 0.843 bits per heavy atom. The van der Waals surface area contributed by atoms with Crippen LogP contribution in [0.5, 0.6) is 5.75 Å². The molecule has 0 saturated carbocycles. The molecule has 5 nitrogen and oxygen atoms in total. The number of hydrogen-bond acceptors (Lipinski definition) is 4. The van der Waals surface area contributed by atoms with Gasteiger partial charge >= 0.3 is 0 Å². The van der Waals surface area contributed by atoms with Crippen molar-refractivity contribution in [2.45, 2.75) is 158 Å². The Balaban J connectivity index is 0.000000512. The van der Waals surface area contributed by atoms with Crippen molar-refractivity contribution in [3.05, 3.63) is 88.7 Å². The first-order chi connectivity index (χ1) is 24.8. The Hall–Kier alpha value is -3.18. The number of hydrogen-bond donors (Lipinski definition) is 0. The highest BCUT2D eigenvalue weighted by molar-refractivity contribution is 5.75. The van der Waals surface area contributed by atoms with Crippen LogP contribution >= 0.6 is 0 Å². The van der Waals surface area contributed by atoms with Crippen LogP contribution in [0.1, 0.15) is 153 Å². The summed E-state index contributed by atoms with van der Waals surface area (Å²) in [7, 11) is 0. The number of amides is 1. The van der Waals surface area contributed by atoms with Gasteiger partial charge in [-0.1, -0.05) is 124 Å². The number of aryl methyl sites for hydroxylation is 4. The number of ether oxygens (including phenoxy) is 1. The fourth-order valence-corrected chi connectivity index (χ4v) is 6.24. The minimum absolute atomic E-state index is 0.623. The average Bonchev–Trinajstić information content (AvgIpc) is 3.57. The zero-order chi connectivity index (χ0) is 37.9. The first kappa shape index (κ1) is 45.8. The molecule has 5 heteroatoms. The van der Waals surface area contributed by atoms with E-state index in [0.29, 0.717) is 12.0 Å². The van der Waals surface area contributed by atoms with Crippen LogP contribution in [-0.2, 0) is 17.6 Å². The third-order valence-electron chi connectivity index (χ3n) is 9.22. The number of benzene rings is 2. The molecule has 0 N–H and O–H groups in total. The monoisotopic (exact) mass is 702 g/mol. The Morgan fingerprint density at radius 2 is 1.57 bits per heavy atom. The van der Waals surface area contributed by atoms with Gasteiger partial charge in [-0.2, -0.15) is 0 Å². The SMILES string of the molecule is CCC.CCCC.CCCCN(C=O)c1cccc(C)c1.CCCCOc1c(C)cc(C2CC(CCc3ccccn3)N(CC)C2)cc1CCC. The molecule has 3 aromatic rings. The minimum Gasteiger partial charge on any atom is -0.493 e. The largest absolute Gasteiger partial charge is 0.493 e. The third kappa shape index (κ3) is 17.7. The molecule has 286 valence electrons. The molecule has 1 aliphatic rings. The summed E-state index contributed by atoms with van der Waals surface area (Å²) in [6.07, 6.45) is 16.9. The van der Waals surface area contributed by atoms with Gasteiger partial charge in [0, 0.05) is 36.7 Å². The number of likely N-dealkylation sites (N-methyl/N-ethyl adjacent to an activating group) is 1. The molecule has 1 aromatic heterocycles. The lowest BCUT2D eigenvalue weighted by atomic mass is 9.90. The summed E-state index contributed by atoms with van der Waals surface area (Å²) in [5.41, 5.74) is 7.62. The van der Waals surface area contributed by atoms with Crippen molar-refractivity contribution in [1.29, 1.82) is 0 Å². The quantitative estimate of drug-likeness (QED) is 0.104. The Bertz CT molecular complexity index is 1290. The van der Waals surface area contributed by atoms with Crippen LogP contribution < -0.4 is 9.64 Å². The third-order valence-corrected chi connectivity index (χ3v) is 9.22. The van der Waals surface area contributed by atoms with Gasteiger partial charge in [-0.05, 0) is 111 Å². The first-order valence-corrected chi connectivity index (χ1v) is 20.4. The second-order valence-corrected chi connectivity index (χ2v) is 14.0. The van der Waals surface area contributed by atoms with E-state index in [2.05, 4.69) is 96.5 Å². The molecule has 51 heavy (non-hydrogen) atoms. The minimum atomic E-state index is 0.623.